The van der Waals surface area contributed by atoms with E-state index in [2.05, 4.69) is 19.1 Å². The first kappa shape index (κ1) is 11.0. The molecule has 2 rings (SSSR count). The SMILES string of the molecule is CC1CCC(c2ccc(OC#N)cc2)CC1. The van der Waals surface area contributed by atoms with Gasteiger partial charge in [-0.1, -0.05) is 31.9 Å². The van der Waals surface area contributed by atoms with Gasteiger partial charge in [-0.3, -0.25) is 0 Å². The van der Waals surface area contributed by atoms with E-state index in [1.165, 1.54) is 31.2 Å². The normalized spacial score (nSPS) is 24.8. The summed E-state index contributed by atoms with van der Waals surface area (Å²) in [6, 6.07) is 7.95. The van der Waals surface area contributed by atoms with Crippen molar-refractivity contribution in [1.29, 1.82) is 5.26 Å². The lowest BCUT2D eigenvalue weighted by molar-refractivity contribution is 0.348. The second-order valence-electron chi connectivity index (χ2n) is 4.72. The fraction of sp³-hybridized carbons (Fsp3) is 0.500. The number of nitriles is 1. The Morgan fingerprint density at radius 2 is 1.75 bits per heavy atom. The lowest BCUT2D eigenvalue weighted by Crippen LogP contribution is -2.10. The summed E-state index contributed by atoms with van der Waals surface area (Å²) in [5.74, 6) is 2.22. The van der Waals surface area contributed by atoms with E-state index in [0.29, 0.717) is 11.7 Å². The van der Waals surface area contributed by atoms with E-state index >= 15 is 0 Å². The van der Waals surface area contributed by atoms with Crippen LogP contribution in [0.15, 0.2) is 24.3 Å². The highest BCUT2D eigenvalue weighted by atomic mass is 16.5. The predicted octanol–water partition coefficient (Wildman–Crippen LogP) is 3.84. The number of hydrogen-bond acceptors (Lipinski definition) is 2. The molecule has 0 aromatic heterocycles. The third-order valence-electron chi connectivity index (χ3n) is 3.53. The van der Waals surface area contributed by atoms with Gasteiger partial charge in [0.15, 0.2) is 0 Å². The average molecular weight is 215 g/mol. The van der Waals surface area contributed by atoms with Crippen molar-refractivity contribution in [1.82, 2.24) is 0 Å². The highest BCUT2D eigenvalue weighted by Crippen LogP contribution is 2.35. The molecule has 84 valence electrons. The fourth-order valence-corrected chi connectivity index (χ4v) is 2.45. The van der Waals surface area contributed by atoms with Crippen LogP contribution < -0.4 is 4.74 Å². The van der Waals surface area contributed by atoms with Crippen molar-refractivity contribution in [2.24, 2.45) is 5.92 Å². The second-order valence-corrected chi connectivity index (χ2v) is 4.72. The van der Waals surface area contributed by atoms with Gasteiger partial charge in [0.25, 0.3) is 6.26 Å². The van der Waals surface area contributed by atoms with E-state index in [1.807, 2.05) is 12.1 Å². The van der Waals surface area contributed by atoms with E-state index in [-0.39, 0.29) is 0 Å². The van der Waals surface area contributed by atoms with Gasteiger partial charge in [-0.2, -0.15) is 0 Å². The highest BCUT2D eigenvalue weighted by molar-refractivity contribution is 5.30. The minimum atomic E-state index is 0.635. The maximum Gasteiger partial charge on any atom is 0.292 e. The summed E-state index contributed by atoms with van der Waals surface area (Å²) < 4.78 is 4.77. The Morgan fingerprint density at radius 1 is 1.12 bits per heavy atom. The molecule has 1 aliphatic rings. The quantitative estimate of drug-likeness (QED) is 0.702. The zero-order valence-electron chi connectivity index (χ0n) is 9.65. The third kappa shape index (κ3) is 2.55. The number of benzene rings is 1. The molecule has 0 spiro atoms. The molecular weight excluding hydrogens is 198 g/mol. The van der Waals surface area contributed by atoms with Crippen molar-refractivity contribution >= 4 is 0 Å². The Kier molecular flexibility index (Phi) is 3.46. The summed E-state index contributed by atoms with van der Waals surface area (Å²) >= 11 is 0. The summed E-state index contributed by atoms with van der Waals surface area (Å²) in [6.45, 7) is 2.33. The first-order valence-corrected chi connectivity index (χ1v) is 5.95. The topological polar surface area (TPSA) is 33.0 Å². The molecule has 0 N–H and O–H groups in total. The van der Waals surface area contributed by atoms with Gasteiger partial charge in [0.1, 0.15) is 5.75 Å². The van der Waals surface area contributed by atoms with Gasteiger partial charge in [0.2, 0.25) is 0 Å². The molecule has 2 nitrogen and oxygen atoms in total. The molecule has 1 aromatic carbocycles. The number of hydrogen-bond donors (Lipinski definition) is 0. The van der Waals surface area contributed by atoms with E-state index in [1.54, 1.807) is 6.26 Å². The van der Waals surface area contributed by atoms with Gasteiger partial charge in [-0.15, -0.1) is 5.26 Å². The van der Waals surface area contributed by atoms with Gasteiger partial charge in [0.05, 0.1) is 0 Å². The summed E-state index contributed by atoms with van der Waals surface area (Å²) in [4.78, 5) is 0. The zero-order chi connectivity index (χ0) is 11.4. The van der Waals surface area contributed by atoms with E-state index in [0.717, 1.165) is 5.92 Å². The molecule has 1 saturated carbocycles. The van der Waals surface area contributed by atoms with Crippen molar-refractivity contribution < 1.29 is 4.74 Å². The summed E-state index contributed by atoms with van der Waals surface area (Å²) in [7, 11) is 0. The Labute approximate surface area is 96.9 Å². The molecule has 0 aliphatic heterocycles. The Balaban J connectivity index is 2.02. The van der Waals surface area contributed by atoms with Gasteiger partial charge < -0.3 is 4.74 Å². The largest absolute Gasteiger partial charge is 0.388 e. The Bertz CT molecular complexity index is 369. The number of nitrogens with zero attached hydrogens (tertiary/aromatic N) is 1. The van der Waals surface area contributed by atoms with Crippen molar-refractivity contribution in [2.75, 3.05) is 0 Å². The molecule has 0 amide bonds. The van der Waals surface area contributed by atoms with Crippen molar-refractivity contribution in [2.45, 2.75) is 38.5 Å². The summed E-state index contributed by atoms with van der Waals surface area (Å²) in [5, 5.41) is 8.39. The van der Waals surface area contributed by atoms with Crippen LogP contribution in [0.5, 0.6) is 5.75 Å². The van der Waals surface area contributed by atoms with Gasteiger partial charge in [-0.25, -0.2) is 0 Å². The smallest absolute Gasteiger partial charge is 0.292 e. The molecule has 0 radical (unpaired) electrons. The van der Waals surface area contributed by atoms with Crippen LogP contribution in [-0.4, -0.2) is 0 Å². The predicted molar refractivity (Wildman–Crippen MR) is 63.1 cm³/mol. The molecule has 0 saturated heterocycles. The summed E-state index contributed by atoms with van der Waals surface area (Å²) in [6.07, 6.45) is 6.94. The number of ether oxygens (including phenoxy) is 1. The van der Waals surface area contributed by atoms with Crippen LogP contribution in [0.4, 0.5) is 0 Å². The molecule has 0 heterocycles. The van der Waals surface area contributed by atoms with Crippen molar-refractivity contribution in [3.8, 4) is 12.0 Å². The molecule has 2 heteroatoms. The lowest BCUT2D eigenvalue weighted by atomic mass is 9.79. The minimum absolute atomic E-state index is 0.635. The lowest BCUT2D eigenvalue weighted by Gasteiger charge is -2.26. The van der Waals surface area contributed by atoms with Crippen LogP contribution in [0.2, 0.25) is 0 Å². The molecule has 1 aromatic rings. The molecule has 0 bridgehead atoms. The Hall–Kier alpha value is -1.49. The van der Waals surface area contributed by atoms with Crippen LogP contribution in [-0.2, 0) is 0 Å². The van der Waals surface area contributed by atoms with Gasteiger partial charge in [0, 0.05) is 0 Å². The van der Waals surface area contributed by atoms with Crippen molar-refractivity contribution in [3.05, 3.63) is 29.8 Å². The van der Waals surface area contributed by atoms with Gasteiger partial charge >= 0.3 is 0 Å². The van der Waals surface area contributed by atoms with Crippen LogP contribution in [0.1, 0.15) is 44.1 Å². The monoisotopic (exact) mass is 215 g/mol. The van der Waals surface area contributed by atoms with Crippen molar-refractivity contribution in [3.63, 3.8) is 0 Å². The highest BCUT2D eigenvalue weighted by Gasteiger charge is 2.19. The molecule has 0 atom stereocenters. The minimum Gasteiger partial charge on any atom is -0.388 e. The van der Waals surface area contributed by atoms with Crippen LogP contribution in [0.25, 0.3) is 0 Å². The Morgan fingerprint density at radius 3 is 2.31 bits per heavy atom. The standard InChI is InChI=1S/C14H17NO/c1-11-2-4-12(5-3-11)13-6-8-14(9-7-13)16-10-15/h6-9,11-12H,2-5H2,1H3. The molecule has 1 fully saturated rings. The molecule has 16 heavy (non-hydrogen) atoms. The van der Waals surface area contributed by atoms with E-state index in [9.17, 15) is 0 Å². The second kappa shape index (κ2) is 5.03. The first-order chi connectivity index (χ1) is 7.79. The summed E-state index contributed by atoms with van der Waals surface area (Å²) in [5.41, 5.74) is 1.39. The molecule has 1 aliphatic carbocycles. The third-order valence-corrected chi connectivity index (χ3v) is 3.53. The fourth-order valence-electron chi connectivity index (χ4n) is 2.45. The zero-order valence-corrected chi connectivity index (χ0v) is 9.65. The molecule has 0 unspecified atom stereocenters. The van der Waals surface area contributed by atoms with Crippen LogP contribution >= 0.6 is 0 Å². The van der Waals surface area contributed by atoms with Crippen LogP contribution in [0.3, 0.4) is 0 Å². The average Bonchev–Trinajstić information content (AvgIpc) is 2.32. The van der Waals surface area contributed by atoms with Gasteiger partial charge in [-0.05, 0) is 42.4 Å². The number of rotatable bonds is 2. The van der Waals surface area contributed by atoms with Crippen LogP contribution in [0, 0.1) is 17.4 Å². The molecular formula is C14H17NO. The maximum absolute atomic E-state index is 8.39. The first-order valence-electron chi connectivity index (χ1n) is 5.95. The van der Waals surface area contributed by atoms with E-state index < -0.39 is 0 Å². The maximum atomic E-state index is 8.39. The van der Waals surface area contributed by atoms with E-state index in [4.69, 9.17) is 10.00 Å².